The molecule has 0 fully saturated rings. The number of carbonyl (C=O) groups excluding carboxylic acids is 1. The minimum atomic E-state index is -0.422. The molecule has 0 amide bonds. The Balaban J connectivity index is 2.04. The summed E-state index contributed by atoms with van der Waals surface area (Å²) in [6, 6.07) is 23.3. The molecule has 2 heteroatoms. The molecule has 3 rings (SSSR count). The highest BCUT2D eigenvalue weighted by molar-refractivity contribution is 5.89. The number of hydrogen-bond donors (Lipinski definition) is 0. The van der Waals surface area contributed by atoms with Crippen molar-refractivity contribution >= 4 is 5.97 Å². The standard InChI is InChI=1S/C23H22O2/c1-16-14-17(2)21(18(3)15-16)22(19-10-6-4-7-11-19)25-23(24)20-12-8-5-9-13-20/h4-15,22H,1-3H3/t22-/m1/s1. The van der Waals surface area contributed by atoms with Crippen LogP contribution in [-0.2, 0) is 4.74 Å². The van der Waals surface area contributed by atoms with Crippen molar-refractivity contribution in [1.82, 2.24) is 0 Å². The van der Waals surface area contributed by atoms with Gasteiger partial charge in [0.15, 0.2) is 6.10 Å². The topological polar surface area (TPSA) is 26.3 Å². The van der Waals surface area contributed by atoms with Crippen LogP contribution in [0.4, 0.5) is 0 Å². The fraction of sp³-hybridized carbons (Fsp3) is 0.174. The third-order valence-electron chi connectivity index (χ3n) is 4.34. The zero-order valence-corrected chi connectivity index (χ0v) is 14.8. The summed E-state index contributed by atoms with van der Waals surface area (Å²) >= 11 is 0. The van der Waals surface area contributed by atoms with E-state index in [1.54, 1.807) is 12.1 Å². The normalized spacial score (nSPS) is 11.8. The summed E-state index contributed by atoms with van der Waals surface area (Å²) in [4.78, 5) is 12.7. The number of esters is 1. The van der Waals surface area contributed by atoms with Crippen molar-refractivity contribution in [3.8, 4) is 0 Å². The minimum Gasteiger partial charge on any atom is -0.449 e. The second-order valence-electron chi connectivity index (χ2n) is 6.37. The van der Waals surface area contributed by atoms with Crippen molar-refractivity contribution < 1.29 is 9.53 Å². The molecule has 0 aliphatic rings. The van der Waals surface area contributed by atoms with E-state index in [9.17, 15) is 4.79 Å². The highest BCUT2D eigenvalue weighted by atomic mass is 16.5. The van der Waals surface area contributed by atoms with E-state index in [1.165, 1.54) is 5.56 Å². The summed E-state index contributed by atoms with van der Waals surface area (Å²) in [5.74, 6) is -0.311. The van der Waals surface area contributed by atoms with Gasteiger partial charge in [0.05, 0.1) is 5.56 Å². The number of aryl methyl sites for hydroxylation is 3. The molecule has 0 radical (unpaired) electrons. The molecule has 0 N–H and O–H groups in total. The third kappa shape index (κ3) is 3.80. The first kappa shape index (κ1) is 17.0. The highest BCUT2D eigenvalue weighted by Gasteiger charge is 2.23. The summed E-state index contributed by atoms with van der Waals surface area (Å²) in [5.41, 5.74) is 6.06. The summed E-state index contributed by atoms with van der Waals surface area (Å²) in [6.07, 6.45) is -0.422. The van der Waals surface area contributed by atoms with Crippen molar-refractivity contribution in [2.75, 3.05) is 0 Å². The van der Waals surface area contributed by atoms with Gasteiger partial charge in [0, 0.05) is 5.56 Å². The molecule has 25 heavy (non-hydrogen) atoms. The molecule has 126 valence electrons. The third-order valence-corrected chi connectivity index (χ3v) is 4.34. The van der Waals surface area contributed by atoms with E-state index in [4.69, 9.17) is 4.74 Å². The van der Waals surface area contributed by atoms with Crippen LogP contribution in [0.2, 0.25) is 0 Å². The fourth-order valence-corrected chi connectivity index (χ4v) is 3.28. The van der Waals surface area contributed by atoms with Crippen LogP contribution in [0.1, 0.15) is 44.3 Å². The molecule has 0 saturated heterocycles. The quantitative estimate of drug-likeness (QED) is 0.586. The lowest BCUT2D eigenvalue weighted by Crippen LogP contribution is -2.15. The van der Waals surface area contributed by atoms with Gasteiger partial charge >= 0.3 is 5.97 Å². The average Bonchev–Trinajstić information content (AvgIpc) is 2.61. The number of hydrogen-bond acceptors (Lipinski definition) is 2. The van der Waals surface area contributed by atoms with E-state index >= 15 is 0 Å². The minimum absolute atomic E-state index is 0.311. The predicted octanol–water partition coefficient (Wildman–Crippen LogP) is 5.56. The molecule has 0 aromatic heterocycles. The second kappa shape index (κ2) is 7.35. The molecule has 0 saturated carbocycles. The van der Waals surface area contributed by atoms with E-state index in [2.05, 4.69) is 32.9 Å². The highest BCUT2D eigenvalue weighted by Crippen LogP contribution is 2.32. The first-order valence-corrected chi connectivity index (χ1v) is 8.45. The zero-order chi connectivity index (χ0) is 17.8. The maximum Gasteiger partial charge on any atom is 0.339 e. The summed E-state index contributed by atoms with van der Waals surface area (Å²) in [6.45, 7) is 6.22. The van der Waals surface area contributed by atoms with Crippen LogP contribution in [0.3, 0.4) is 0 Å². The Labute approximate surface area is 149 Å². The monoisotopic (exact) mass is 330 g/mol. The zero-order valence-electron chi connectivity index (χ0n) is 14.8. The Hall–Kier alpha value is -2.87. The molecule has 0 spiro atoms. The number of ether oxygens (including phenoxy) is 1. The predicted molar refractivity (Wildman–Crippen MR) is 101 cm³/mol. The number of carbonyl (C=O) groups is 1. The number of benzene rings is 3. The van der Waals surface area contributed by atoms with Gasteiger partial charge in [0.25, 0.3) is 0 Å². The Bertz CT molecular complexity index is 844. The lowest BCUT2D eigenvalue weighted by Gasteiger charge is -2.23. The van der Waals surface area contributed by atoms with Gasteiger partial charge in [-0.3, -0.25) is 0 Å². The van der Waals surface area contributed by atoms with E-state index < -0.39 is 6.10 Å². The molecule has 0 bridgehead atoms. The molecule has 1 atom stereocenters. The van der Waals surface area contributed by atoms with Crippen LogP contribution in [0, 0.1) is 20.8 Å². The van der Waals surface area contributed by atoms with Crippen LogP contribution >= 0.6 is 0 Å². The van der Waals surface area contributed by atoms with E-state index in [0.29, 0.717) is 5.56 Å². The van der Waals surface area contributed by atoms with Crippen LogP contribution < -0.4 is 0 Å². The molecule has 0 aliphatic carbocycles. The van der Waals surface area contributed by atoms with Crippen molar-refractivity contribution in [3.05, 3.63) is 106 Å². The van der Waals surface area contributed by atoms with E-state index in [1.807, 2.05) is 48.5 Å². The van der Waals surface area contributed by atoms with E-state index in [-0.39, 0.29) is 5.97 Å². The van der Waals surface area contributed by atoms with Gasteiger partial charge in [-0.2, -0.15) is 0 Å². The van der Waals surface area contributed by atoms with Crippen molar-refractivity contribution in [3.63, 3.8) is 0 Å². The largest absolute Gasteiger partial charge is 0.449 e. The summed E-state index contributed by atoms with van der Waals surface area (Å²) in [5, 5.41) is 0. The van der Waals surface area contributed by atoms with Gasteiger partial charge in [0.1, 0.15) is 0 Å². The Morgan fingerprint density at radius 1 is 0.800 bits per heavy atom. The average molecular weight is 330 g/mol. The van der Waals surface area contributed by atoms with Gasteiger partial charge < -0.3 is 4.74 Å². The molecular weight excluding hydrogens is 308 g/mol. The molecule has 3 aromatic rings. The fourth-order valence-electron chi connectivity index (χ4n) is 3.28. The SMILES string of the molecule is Cc1cc(C)c([C@H](OC(=O)c2ccccc2)c2ccccc2)c(C)c1. The lowest BCUT2D eigenvalue weighted by atomic mass is 9.91. The van der Waals surface area contributed by atoms with E-state index in [0.717, 1.165) is 22.3 Å². The van der Waals surface area contributed by atoms with Gasteiger partial charge in [-0.05, 0) is 49.6 Å². The molecule has 0 aliphatic heterocycles. The van der Waals surface area contributed by atoms with Gasteiger partial charge in [-0.25, -0.2) is 4.79 Å². The molecular formula is C23H22O2. The van der Waals surface area contributed by atoms with Crippen molar-refractivity contribution in [1.29, 1.82) is 0 Å². The lowest BCUT2D eigenvalue weighted by molar-refractivity contribution is 0.0376. The number of rotatable bonds is 4. The molecule has 0 heterocycles. The maximum atomic E-state index is 12.7. The second-order valence-corrected chi connectivity index (χ2v) is 6.37. The molecule has 3 aromatic carbocycles. The summed E-state index contributed by atoms with van der Waals surface area (Å²) in [7, 11) is 0. The smallest absolute Gasteiger partial charge is 0.339 e. The van der Waals surface area contributed by atoms with Gasteiger partial charge in [0.2, 0.25) is 0 Å². The van der Waals surface area contributed by atoms with Crippen molar-refractivity contribution in [2.45, 2.75) is 26.9 Å². The van der Waals surface area contributed by atoms with Crippen LogP contribution in [0.15, 0.2) is 72.8 Å². The Morgan fingerprint density at radius 2 is 1.32 bits per heavy atom. The Morgan fingerprint density at radius 3 is 1.88 bits per heavy atom. The maximum absolute atomic E-state index is 12.7. The first-order chi connectivity index (χ1) is 12.1. The van der Waals surface area contributed by atoms with Crippen molar-refractivity contribution in [2.24, 2.45) is 0 Å². The molecule has 0 unspecified atom stereocenters. The van der Waals surface area contributed by atoms with Gasteiger partial charge in [-0.1, -0.05) is 66.2 Å². The summed E-state index contributed by atoms with van der Waals surface area (Å²) < 4.78 is 5.97. The van der Waals surface area contributed by atoms with Gasteiger partial charge in [-0.15, -0.1) is 0 Å². The molecule has 2 nitrogen and oxygen atoms in total. The van der Waals surface area contributed by atoms with Crippen LogP contribution in [0.25, 0.3) is 0 Å². The first-order valence-electron chi connectivity index (χ1n) is 8.45. The van der Waals surface area contributed by atoms with Crippen LogP contribution in [0.5, 0.6) is 0 Å². The van der Waals surface area contributed by atoms with Crippen LogP contribution in [-0.4, -0.2) is 5.97 Å². The Kier molecular flexibility index (Phi) is 4.99.